The molecule has 1 atom stereocenters. The lowest BCUT2D eigenvalue weighted by Gasteiger charge is -2.10. The van der Waals surface area contributed by atoms with Crippen molar-refractivity contribution < 1.29 is 9.84 Å². The molecule has 2 N–H and O–H groups in total. The Balaban J connectivity index is 2.27. The van der Waals surface area contributed by atoms with E-state index in [1.54, 1.807) is 13.0 Å². The van der Waals surface area contributed by atoms with Crippen molar-refractivity contribution in [3.63, 3.8) is 0 Å². The van der Waals surface area contributed by atoms with E-state index in [1.807, 2.05) is 12.3 Å². The maximum Gasteiger partial charge on any atom is 0.233 e. The van der Waals surface area contributed by atoms with Gasteiger partial charge in [0.05, 0.1) is 18.9 Å². The summed E-state index contributed by atoms with van der Waals surface area (Å²) in [5.74, 6) is 0.374. The molecule has 1 unspecified atom stereocenters. The van der Waals surface area contributed by atoms with Crippen LogP contribution in [0.25, 0.3) is 11.2 Å². The third-order valence-corrected chi connectivity index (χ3v) is 2.55. The molecule has 0 fully saturated rings. The number of hydrogen-bond donors (Lipinski definition) is 2. The molecule has 0 radical (unpaired) electrons. The second kappa shape index (κ2) is 5.98. The quantitative estimate of drug-likeness (QED) is 0.789. The topological polar surface area (TPSA) is 94.8 Å². The largest absolute Gasteiger partial charge is 0.471 e. The SMILES string of the molecule is CC(CO)Oc1cnc2[nH]cc(C/C=C/C#N)c2n1. The van der Waals surface area contributed by atoms with Crippen LogP contribution in [0.1, 0.15) is 12.5 Å². The molecule has 0 aliphatic heterocycles. The predicted octanol–water partition coefficient (Wildman–Crippen LogP) is 1.34. The van der Waals surface area contributed by atoms with E-state index >= 15 is 0 Å². The first-order valence-corrected chi connectivity index (χ1v) is 5.89. The lowest BCUT2D eigenvalue weighted by Crippen LogP contribution is -2.17. The standard InChI is InChI=1S/C13H14N4O2/c1-9(8-18)19-11-7-16-13-12(17-11)10(6-15-13)4-2-3-5-14/h2-3,6-7,9,18H,4,8H2,1H3,(H,15,16)/b3-2+. The Kier molecular flexibility index (Phi) is 4.11. The van der Waals surface area contributed by atoms with E-state index in [-0.39, 0.29) is 12.7 Å². The Morgan fingerprint density at radius 3 is 3.21 bits per heavy atom. The summed E-state index contributed by atoms with van der Waals surface area (Å²) in [6, 6.07) is 1.94. The van der Waals surface area contributed by atoms with Gasteiger partial charge in [0.2, 0.25) is 5.88 Å². The average molecular weight is 258 g/mol. The van der Waals surface area contributed by atoms with Gasteiger partial charge in [0.25, 0.3) is 0 Å². The molecule has 0 saturated carbocycles. The number of aromatic nitrogens is 3. The molecule has 2 rings (SSSR count). The van der Waals surface area contributed by atoms with E-state index in [0.29, 0.717) is 23.5 Å². The number of nitrogens with one attached hydrogen (secondary N) is 1. The Labute approximate surface area is 110 Å². The highest BCUT2D eigenvalue weighted by Gasteiger charge is 2.09. The van der Waals surface area contributed by atoms with Crippen molar-refractivity contribution in [1.82, 2.24) is 15.0 Å². The molecule has 0 aliphatic rings. The van der Waals surface area contributed by atoms with Gasteiger partial charge in [-0.15, -0.1) is 0 Å². The second-order valence-electron chi connectivity index (χ2n) is 4.07. The molecule has 6 nitrogen and oxygen atoms in total. The molecule has 0 amide bonds. The zero-order valence-electron chi connectivity index (χ0n) is 10.5. The molecule has 0 spiro atoms. The summed E-state index contributed by atoms with van der Waals surface area (Å²) in [4.78, 5) is 11.6. The van der Waals surface area contributed by atoms with Gasteiger partial charge in [0, 0.05) is 17.8 Å². The number of fused-ring (bicyclic) bond motifs is 1. The lowest BCUT2D eigenvalue weighted by molar-refractivity contribution is 0.125. The molecular weight excluding hydrogens is 244 g/mol. The maximum absolute atomic E-state index is 8.95. The van der Waals surface area contributed by atoms with Gasteiger partial charge in [-0.1, -0.05) is 6.08 Å². The molecule has 0 saturated heterocycles. The highest BCUT2D eigenvalue weighted by molar-refractivity contribution is 5.75. The summed E-state index contributed by atoms with van der Waals surface area (Å²) in [6.45, 7) is 1.67. The normalized spacial score (nSPS) is 12.7. The minimum atomic E-state index is -0.326. The highest BCUT2D eigenvalue weighted by Crippen LogP contribution is 2.18. The number of aliphatic hydroxyl groups excluding tert-OH is 1. The van der Waals surface area contributed by atoms with Crippen LogP contribution < -0.4 is 4.74 Å². The van der Waals surface area contributed by atoms with Gasteiger partial charge in [0.1, 0.15) is 11.6 Å². The average Bonchev–Trinajstić information content (AvgIpc) is 2.82. The van der Waals surface area contributed by atoms with Crippen LogP contribution in [0.15, 0.2) is 24.5 Å². The van der Waals surface area contributed by atoms with Gasteiger partial charge in [0.15, 0.2) is 5.65 Å². The van der Waals surface area contributed by atoms with Gasteiger partial charge in [-0.05, 0) is 13.3 Å². The van der Waals surface area contributed by atoms with Crippen molar-refractivity contribution >= 4 is 11.2 Å². The Morgan fingerprint density at radius 2 is 2.47 bits per heavy atom. The van der Waals surface area contributed by atoms with Gasteiger partial charge in [-0.25, -0.2) is 9.97 Å². The molecular formula is C13H14N4O2. The molecule has 0 aliphatic carbocycles. The zero-order valence-corrected chi connectivity index (χ0v) is 10.5. The number of rotatable bonds is 5. The molecule has 0 bridgehead atoms. The van der Waals surface area contributed by atoms with E-state index in [9.17, 15) is 0 Å². The molecule has 98 valence electrons. The van der Waals surface area contributed by atoms with Crippen LogP contribution in [0.2, 0.25) is 0 Å². The first-order chi connectivity index (χ1) is 9.24. The van der Waals surface area contributed by atoms with E-state index in [1.165, 1.54) is 12.3 Å². The molecule has 0 aromatic carbocycles. The van der Waals surface area contributed by atoms with E-state index in [2.05, 4.69) is 15.0 Å². The number of H-pyrrole nitrogens is 1. The number of aliphatic hydroxyl groups is 1. The van der Waals surface area contributed by atoms with Gasteiger partial charge < -0.3 is 14.8 Å². The lowest BCUT2D eigenvalue weighted by atomic mass is 10.2. The Hall–Kier alpha value is -2.39. The molecule has 6 heteroatoms. The number of ether oxygens (including phenoxy) is 1. The summed E-state index contributed by atoms with van der Waals surface area (Å²) in [5, 5.41) is 17.4. The predicted molar refractivity (Wildman–Crippen MR) is 69.5 cm³/mol. The summed E-state index contributed by atoms with van der Waals surface area (Å²) >= 11 is 0. The second-order valence-corrected chi connectivity index (χ2v) is 4.07. The third kappa shape index (κ3) is 3.09. The highest BCUT2D eigenvalue weighted by atomic mass is 16.5. The minimum absolute atomic E-state index is 0.0788. The smallest absolute Gasteiger partial charge is 0.233 e. The number of aromatic amines is 1. The van der Waals surface area contributed by atoms with Crippen molar-refractivity contribution in [2.45, 2.75) is 19.4 Å². The summed E-state index contributed by atoms with van der Waals surface area (Å²) in [6.07, 6.45) is 6.79. The van der Waals surface area contributed by atoms with Crippen molar-refractivity contribution in [3.05, 3.63) is 30.1 Å². The third-order valence-electron chi connectivity index (χ3n) is 2.55. The van der Waals surface area contributed by atoms with Crippen LogP contribution in [0.4, 0.5) is 0 Å². The van der Waals surface area contributed by atoms with Gasteiger partial charge in [-0.2, -0.15) is 5.26 Å². The first-order valence-electron chi connectivity index (χ1n) is 5.89. The Bertz CT molecular complexity index is 627. The fraction of sp³-hybridized carbons (Fsp3) is 0.308. The van der Waals surface area contributed by atoms with Gasteiger partial charge in [-0.3, -0.25) is 0 Å². The van der Waals surface area contributed by atoms with Crippen LogP contribution in [-0.2, 0) is 6.42 Å². The zero-order chi connectivity index (χ0) is 13.7. The summed E-state index contributed by atoms with van der Waals surface area (Å²) in [7, 11) is 0. The van der Waals surface area contributed by atoms with Crippen molar-refractivity contribution in [2.24, 2.45) is 0 Å². The summed E-state index contributed by atoms with van der Waals surface area (Å²) < 4.78 is 5.41. The maximum atomic E-state index is 8.95. The van der Waals surface area contributed by atoms with Crippen LogP contribution >= 0.6 is 0 Å². The van der Waals surface area contributed by atoms with Crippen LogP contribution in [0, 0.1) is 11.3 Å². The molecule has 2 aromatic rings. The molecule has 2 heterocycles. The van der Waals surface area contributed by atoms with Crippen LogP contribution in [0.3, 0.4) is 0 Å². The van der Waals surface area contributed by atoms with Crippen LogP contribution in [-0.4, -0.2) is 32.8 Å². The van der Waals surface area contributed by atoms with Crippen LogP contribution in [0.5, 0.6) is 5.88 Å². The molecule has 19 heavy (non-hydrogen) atoms. The van der Waals surface area contributed by atoms with Crippen molar-refractivity contribution in [2.75, 3.05) is 6.61 Å². The minimum Gasteiger partial charge on any atom is -0.471 e. The Morgan fingerprint density at radius 1 is 1.63 bits per heavy atom. The number of hydrogen-bond acceptors (Lipinski definition) is 5. The molecule has 2 aromatic heterocycles. The van der Waals surface area contributed by atoms with Crippen molar-refractivity contribution in [1.29, 1.82) is 5.26 Å². The monoisotopic (exact) mass is 258 g/mol. The fourth-order valence-corrected chi connectivity index (χ4v) is 1.62. The van der Waals surface area contributed by atoms with E-state index in [0.717, 1.165) is 5.56 Å². The fourth-order valence-electron chi connectivity index (χ4n) is 1.62. The van der Waals surface area contributed by atoms with E-state index in [4.69, 9.17) is 15.1 Å². The van der Waals surface area contributed by atoms with Gasteiger partial charge >= 0.3 is 0 Å². The number of nitriles is 1. The summed E-state index contributed by atoms with van der Waals surface area (Å²) in [5.41, 5.74) is 2.32. The number of allylic oxidation sites excluding steroid dienone is 2. The van der Waals surface area contributed by atoms with E-state index < -0.39 is 0 Å². The first kappa shape index (κ1) is 13.1. The number of nitrogens with zero attached hydrogens (tertiary/aromatic N) is 3. The van der Waals surface area contributed by atoms with Crippen molar-refractivity contribution in [3.8, 4) is 11.9 Å².